The molecule has 18 heavy (non-hydrogen) atoms. The van der Waals surface area contributed by atoms with E-state index in [0.717, 1.165) is 0 Å². The Morgan fingerprint density at radius 2 is 1.94 bits per heavy atom. The van der Waals surface area contributed by atoms with E-state index in [0.29, 0.717) is 9.21 Å². The van der Waals surface area contributed by atoms with Crippen molar-refractivity contribution in [1.29, 1.82) is 0 Å². The molecule has 1 amide bonds. The summed E-state index contributed by atoms with van der Waals surface area (Å²) in [6, 6.07) is 3.08. The van der Waals surface area contributed by atoms with Gasteiger partial charge in [0.05, 0.1) is 21.8 Å². The van der Waals surface area contributed by atoms with E-state index in [9.17, 15) is 9.59 Å². The van der Waals surface area contributed by atoms with Gasteiger partial charge in [0, 0.05) is 14.1 Å². The van der Waals surface area contributed by atoms with E-state index >= 15 is 0 Å². The SMILES string of the molecule is CC(C(=O)c1ccc(Cl)s1)N(C)CC(=O)N(C)C. The second-order valence-corrected chi connectivity index (χ2v) is 6.06. The highest BCUT2D eigenvalue weighted by Gasteiger charge is 2.22. The molecule has 0 aliphatic carbocycles. The summed E-state index contributed by atoms with van der Waals surface area (Å²) in [4.78, 5) is 27.6. The Balaban J connectivity index is 2.66. The lowest BCUT2D eigenvalue weighted by Gasteiger charge is -2.24. The van der Waals surface area contributed by atoms with Crippen LogP contribution in [0.15, 0.2) is 12.1 Å². The van der Waals surface area contributed by atoms with E-state index in [1.807, 2.05) is 0 Å². The van der Waals surface area contributed by atoms with Crippen molar-refractivity contribution in [1.82, 2.24) is 9.80 Å². The van der Waals surface area contributed by atoms with E-state index in [4.69, 9.17) is 11.6 Å². The number of rotatable bonds is 5. The molecule has 1 atom stereocenters. The van der Waals surface area contributed by atoms with Crippen molar-refractivity contribution in [2.75, 3.05) is 27.7 Å². The maximum absolute atomic E-state index is 12.1. The second kappa shape index (κ2) is 6.31. The lowest BCUT2D eigenvalue weighted by molar-refractivity contribution is -0.129. The molecule has 0 bridgehead atoms. The third kappa shape index (κ3) is 3.80. The van der Waals surface area contributed by atoms with Crippen LogP contribution in [0.1, 0.15) is 16.6 Å². The lowest BCUT2D eigenvalue weighted by atomic mass is 10.1. The molecule has 0 aliphatic heterocycles. The molecular formula is C12H17ClN2O2S. The molecule has 1 aromatic rings. The van der Waals surface area contributed by atoms with Crippen LogP contribution in [-0.4, -0.2) is 55.2 Å². The molecule has 0 saturated heterocycles. The third-order valence-electron chi connectivity index (χ3n) is 2.74. The molecule has 4 nitrogen and oxygen atoms in total. The van der Waals surface area contributed by atoms with Gasteiger partial charge in [0.15, 0.2) is 5.78 Å². The minimum absolute atomic E-state index is 0.0130. The molecule has 0 aromatic carbocycles. The van der Waals surface area contributed by atoms with E-state index in [1.165, 1.54) is 16.2 Å². The van der Waals surface area contributed by atoms with Crippen molar-refractivity contribution < 1.29 is 9.59 Å². The molecule has 0 N–H and O–H groups in total. The van der Waals surface area contributed by atoms with Crippen molar-refractivity contribution in [3.8, 4) is 0 Å². The minimum Gasteiger partial charge on any atom is -0.348 e. The van der Waals surface area contributed by atoms with Gasteiger partial charge in [-0.25, -0.2) is 0 Å². The van der Waals surface area contributed by atoms with Gasteiger partial charge in [-0.1, -0.05) is 11.6 Å². The quantitative estimate of drug-likeness (QED) is 0.778. The minimum atomic E-state index is -0.344. The smallest absolute Gasteiger partial charge is 0.236 e. The predicted octanol–water partition coefficient (Wildman–Crippen LogP) is 1.99. The number of likely N-dealkylation sites (N-methyl/N-ethyl adjacent to an activating group) is 2. The van der Waals surface area contributed by atoms with Gasteiger partial charge in [-0.2, -0.15) is 0 Å². The molecule has 1 rings (SSSR count). The fourth-order valence-electron chi connectivity index (χ4n) is 1.34. The van der Waals surface area contributed by atoms with E-state index in [-0.39, 0.29) is 24.3 Å². The average molecular weight is 289 g/mol. The standard InChI is InChI=1S/C12H17ClN2O2S/c1-8(15(4)7-11(16)14(2)3)12(17)9-5-6-10(13)18-9/h5-6,8H,7H2,1-4H3. The maximum Gasteiger partial charge on any atom is 0.236 e. The largest absolute Gasteiger partial charge is 0.348 e. The van der Waals surface area contributed by atoms with E-state index in [2.05, 4.69) is 0 Å². The summed E-state index contributed by atoms with van der Waals surface area (Å²) in [5, 5.41) is 0. The monoisotopic (exact) mass is 288 g/mol. The normalized spacial score (nSPS) is 12.6. The number of halogens is 1. The Morgan fingerprint density at radius 1 is 1.33 bits per heavy atom. The van der Waals surface area contributed by atoms with Crippen LogP contribution in [-0.2, 0) is 4.79 Å². The highest BCUT2D eigenvalue weighted by atomic mass is 35.5. The van der Waals surface area contributed by atoms with Crippen LogP contribution in [0, 0.1) is 0 Å². The van der Waals surface area contributed by atoms with Crippen LogP contribution < -0.4 is 0 Å². The molecular weight excluding hydrogens is 272 g/mol. The predicted molar refractivity (Wildman–Crippen MR) is 74.4 cm³/mol. The Kier molecular flexibility index (Phi) is 5.31. The zero-order valence-corrected chi connectivity index (χ0v) is 12.5. The first-order chi connectivity index (χ1) is 8.32. The Hall–Kier alpha value is -0.910. The van der Waals surface area contributed by atoms with Crippen LogP contribution in [0.5, 0.6) is 0 Å². The third-order valence-corrected chi connectivity index (χ3v) is 3.99. The van der Waals surface area contributed by atoms with Crippen LogP contribution in [0.3, 0.4) is 0 Å². The van der Waals surface area contributed by atoms with Gasteiger partial charge < -0.3 is 4.90 Å². The zero-order chi connectivity index (χ0) is 13.9. The Labute approximate surface area is 116 Å². The summed E-state index contributed by atoms with van der Waals surface area (Å²) >= 11 is 7.07. The van der Waals surface area contributed by atoms with Gasteiger partial charge in [0.25, 0.3) is 0 Å². The highest BCUT2D eigenvalue weighted by Crippen LogP contribution is 2.23. The first-order valence-electron chi connectivity index (χ1n) is 5.53. The number of amides is 1. The molecule has 1 heterocycles. The Bertz CT molecular complexity index is 445. The molecule has 0 radical (unpaired) electrons. The van der Waals surface area contributed by atoms with Crippen LogP contribution in [0.4, 0.5) is 0 Å². The van der Waals surface area contributed by atoms with E-state index < -0.39 is 0 Å². The molecule has 6 heteroatoms. The fraction of sp³-hybridized carbons (Fsp3) is 0.500. The molecule has 100 valence electrons. The molecule has 0 saturated carbocycles. The molecule has 0 fully saturated rings. The van der Waals surface area contributed by atoms with Gasteiger partial charge >= 0.3 is 0 Å². The first kappa shape index (κ1) is 15.1. The summed E-state index contributed by atoms with van der Waals surface area (Å²) in [7, 11) is 5.16. The maximum atomic E-state index is 12.1. The van der Waals surface area contributed by atoms with Gasteiger partial charge in [-0.3, -0.25) is 14.5 Å². The number of nitrogens with zero attached hydrogens (tertiary/aromatic N) is 2. The van der Waals surface area contributed by atoms with Gasteiger partial charge in [0.2, 0.25) is 5.91 Å². The van der Waals surface area contributed by atoms with Crippen LogP contribution in [0.2, 0.25) is 4.34 Å². The number of ketones is 1. The molecule has 0 spiro atoms. The summed E-state index contributed by atoms with van der Waals surface area (Å²) in [6.45, 7) is 2.01. The van der Waals surface area contributed by atoms with Crippen molar-refractivity contribution in [2.24, 2.45) is 0 Å². The summed E-state index contributed by atoms with van der Waals surface area (Å²) in [5.74, 6) is -0.0395. The van der Waals surface area contributed by atoms with Crippen molar-refractivity contribution in [3.63, 3.8) is 0 Å². The first-order valence-corrected chi connectivity index (χ1v) is 6.72. The second-order valence-electron chi connectivity index (χ2n) is 4.35. The van der Waals surface area contributed by atoms with Crippen LogP contribution >= 0.6 is 22.9 Å². The Morgan fingerprint density at radius 3 is 2.39 bits per heavy atom. The van der Waals surface area contributed by atoms with Crippen LogP contribution in [0.25, 0.3) is 0 Å². The van der Waals surface area contributed by atoms with Crippen molar-refractivity contribution >= 4 is 34.6 Å². The molecule has 0 aliphatic rings. The summed E-state index contributed by atoms with van der Waals surface area (Å²) in [5.41, 5.74) is 0. The van der Waals surface area contributed by atoms with Gasteiger partial charge in [-0.05, 0) is 26.1 Å². The average Bonchev–Trinajstić information content (AvgIpc) is 2.73. The number of Topliss-reactive ketones (excluding diaryl/α,β-unsaturated/α-hetero) is 1. The van der Waals surface area contributed by atoms with Gasteiger partial charge in [-0.15, -0.1) is 11.3 Å². The lowest BCUT2D eigenvalue weighted by Crippen LogP contribution is -2.42. The molecule has 1 aromatic heterocycles. The zero-order valence-electron chi connectivity index (χ0n) is 10.9. The number of thiophene rings is 1. The van der Waals surface area contributed by atoms with Gasteiger partial charge in [0.1, 0.15) is 0 Å². The van der Waals surface area contributed by atoms with Crippen molar-refractivity contribution in [2.45, 2.75) is 13.0 Å². The number of carbonyl (C=O) groups excluding carboxylic acids is 2. The summed E-state index contributed by atoms with van der Waals surface area (Å²) in [6.07, 6.45) is 0. The topological polar surface area (TPSA) is 40.6 Å². The fourth-order valence-corrected chi connectivity index (χ4v) is 2.41. The van der Waals surface area contributed by atoms with Crippen molar-refractivity contribution in [3.05, 3.63) is 21.3 Å². The number of carbonyl (C=O) groups is 2. The van der Waals surface area contributed by atoms with E-state index in [1.54, 1.807) is 45.1 Å². The number of hydrogen-bond acceptors (Lipinski definition) is 4. The highest BCUT2D eigenvalue weighted by molar-refractivity contribution is 7.18. The number of hydrogen-bond donors (Lipinski definition) is 0. The molecule has 1 unspecified atom stereocenters. The summed E-state index contributed by atoms with van der Waals surface area (Å²) < 4.78 is 0.595.